The second kappa shape index (κ2) is 14.3. The van der Waals surface area contributed by atoms with Crippen molar-refractivity contribution < 1.29 is 19.1 Å². The van der Waals surface area contributed by atoms with Gasteiger partial charge in [0.2, 0.25) is 0 Å². The SMILES string of the molecule is CC.Cc1cc(Oc2ccccc2)ccc1N1C(=O)Nc2c(C(=O)NC3CCCN(C(=O)/C(C#N)=C/C(C)(C)C)C3)sc3nccc1c23. The van der Waals surface area contributed by atoms with Crippen molar-refractivity contribution >= 4 is 56.5 Å². The zero-order chi connectivity index (χ0) is 34.6. The average Bonchev–Trinajstić information content (AvgIpc) is 3.44. The van der Waals surface area contributed by atoms with E-state index in [1.54, 1.807) is 28.1 Å². The third kappa shape index (κ3) is 7.19. The van der Waals surface area contributed by atoms with Crippen molar-refractivity contribution in [3.63, 3.8) is 0 Å². The number of likely N-dealkylation sites (tertiary alicyclic amines) is 1. The van der Waals surface area contributed by atoms with Crippen LogP contribution in [-0.4, -0.2) is 46.9 Å². The Hall–Kier alpha value is -5.21. The maximum absolute atomic E-state index is 13.7. The summed E-state index contributed by atoms with van der Waals surface area (Å²) in [7, 11) is 0. The molecular formula is C37H40N6O4S. The number of nitrogens with zero attached hydrogens (tertiary/aromatic N) is 4. The third-order valence-corrected chi connectivity index (χ3v) is 8.91. The Kier molecular flexibility index (Phi) is 10.2. The Labute approximate surface area is 285 Å². The lowest BCUT2D eigenvalue weighted by molar-refractivity contribution is -0.128. The van der Waals surface area contributed by atoms with Gasteiger partial charge in [-0.3, -0.25) is 14.5 Å². The summed E-state index contributed by atoms with van der Waals surface area (Å²) in [6.07, 6.45) is 4.70. The molecule has 0 radical (unpaired) electrons. The number of carbonyl (C=O) groups excluding carboxylic acids is 3. The molecular weight excluding hydrogens is 625 g/mol. The topological polar surface area (TPSA) is 128 Å². The summed E-state index contributed by atoms with van der Waals surface area (Å²) < 4.78 is 5.98. The summed E-state index contributed by atoms with van der Waals surface area (Å²) >= 11 is 1.21. The van der Waals surface area contributed by atoms with Crippen LogP contribution in [0.1, 0.15) is 62.7 Å². The number of pyridine rings is 1. The number of anilines is 3. The number of aromatic nitrogens is 1. The van der Waals surface area contributed by atoms with Crippen LogP contribution in [0.5, 0.6) is 11.5 Å². The lowest BCUT2D eigenvalue weighted by atomic mass is 9.93. The molecule has 2 aliphatic rings. The highest BCUT2D eigenvalue weighted by Gasteiger charge is 2.35. The zero-order valence-corrected chi connectivity index (χ0v) is 28.9. The first kappa shape index (κ1) is 34.1. The molecule has 0 saturated carbocycles. The van der Waals surface area contributed by atoms with E-state index in [2.05, 4.69) is 15.6 Å². The van der Waals surface area contributed by atoms with Crippen LogP contribution in [0.15, 0.2) is 72.4 Å². The second-order valence-corrected chi connectivity index (χ2v) is 13.5. The molecule has 48 heavy (non-hydrogen) atoms. The molecule has 4 heterocycles. The van der Waals surface area contributed by atoms with E-state index in [0.717, 1.165) is 5.56 Å². The Morgan fingerprint density at radius 1 is 1.10 bits per heavy atom. The first-order valence-electron chi connectivity index (χ1n) is 16.1. The normalized spacial score (nSPS) is 16.0. The van der Waals surface area contributed by atoms with Crippen LogP contribution in [0.2, 0.25) is 0 Å². The van der Waals surface area contributed by atoms with Crippen molar-refractivity contribution in [1.82, 2.24) is 15.2 Å². The number of hydrogen-bond acceptors (Lipinski definition) is 7. The number of nitrogens with one attached hydrogen (secondary N) is 2. The van der Waals surface area contributed by atoms with Crippen LogP contribution in [0, 0.1) is 23.7 Å². The minimum absolute atomic E-state index is 0.105. The van der Waals surface area contributed by atoms with E-state index >= 15 is 0 Å². The Bertz CT molecular complexity index is 1920. The standard InChI is InChI=1S/C35H34N6O4S.C2H6/c1-21-17-25(45-24-10-6-5-7-11-24)12-13-26(21)41-27-14-15-37-32-28(27)29(39-34(41)44)30(46-32)31(42)38-23-9-8-16-40(20-23)33(43)22(19-36)18-35(2,3)4;1-2/h5-7,10-15,17-18,23H,8-9,16,20H2,1-4H3,(H,38,42)(H,39,44);1-2H3/b22-18+;. The van der Waals surface area contributed by atoms with Crippen LogP contribution < -0.4 is 20.3 Å². The van der Waals surface area contributed by atoms with Gasteiger partial charge in [-0.15, -0.1) is 11.3 Å². The average molecular weight is 665 g/mol. The molecule has 2 aromatic heterocycles. The van der Waals surface area contributed by atoms with Crippen molar-refractivity contribution in [2.24, 2.45) is 5.41 Å². The first-order chi connectivity index (χ1) is 23.0. The van der Waals surface area contributed by atoms with Gasteiger partial charge in [0.25, 0.3) is 11.8 Å². The number of nitriles is 1. The highest BCUT2D eigenvalue weighted by Crippen LogP contribution is 2.46. The first-order valence-corrected chi connectivity index (χ1v) is 16.9. The lowest BCUT2D eigenvalue weighted by Gasteiger charge is -2.33. The smallest absolute Gasteiger partial charge is 0.331 e. The number of aryl methyl sites for hydroxylation is 1. The maximum Gasteiger partial charge on any atom is 0.331 e. The van der Waals surface area contributed by atoms with E-state index in [1.165, 1.54) is 11.3 Å². The largest absolute Gasteiger partial charge is 0.457 e. The molecule has 1 atom stereocenters. The fourth-order valence-electron chi connectivity index (χ4n) is 5.83. The number of carbonyl (C=O) groups is 3. The van der Waals surface area contributed by atoms with Crippen LogP contribution in [-0.2, 0) is 4.79 Å². The van der Waals surface area contributed by atoms with E-state index in [0.29, 0.717) is 69.6 Å². The van der Waals surface area contributed by atoms with Gasteiger partial charge >= 0.3 is 6.03 Å². The Balaban J connectivity index is 0.00000221. The van der Waals surface area contributed by atoms with Gasteiger partial charge < -0.3 is 20.3 Å². The van der Waals surface area contributed by atoms with Crippen molar-refractivity contribution in [1.29, 1.82) is 5.26 Å². The molecule has 4 amide bonds. The van der Waals surface area contributed by atoms with Gasteiger partial charge in [-0.25, -0.2) is 9.78 Å². The molecule has 1 fully saturated rings. The third-order valence-electron chi connectivity index (χ3n) is 7.81. The number of benzene rings is 2. The number of rotatable bonds is 6. The molecule has 1 unspecified atom stereocenters. The molecule has 2 aromatic carbocycles. The lowest BCUT2D eigenvalue weighted by Crippen LogP contribution is -2.50. The quantitative estimate of drug-likeness (QED) is 0.158. The van der Waals surface area contributed by atoms with Crippen molar-refractivity contribution in [3.05, 3.63) is 82.9 Å². The summed E-state index contributed by atoms with van der Waals surface area (Å²) in [5, 5.41) is 16.3. The monoisotopic (exact) mass is 664 g/mol. The maximum atomic E-state index is 13.7. The predicted molar refractivity (Wildman–Crippen MR) is 190 cm³/mol. The number of urea groups is 1. The highest BCUT2D eigenvalue weighted by molar-refractivity contribution is 7.21. The predicted octanol–water partition coefficient (Wildman–Crippen LogP) is 8.32. The Morgan fingerprint density at radius 2 is 1.85 bits per heavy atom. The van der Waals surface area contributed by atoms with Gasteiger partial charge in [0.05, 0.1) is 22.4 Å². The fraction of sp³-hybridized carbons (Fsp3) is 0.324. The molecule has 10 nitrogen and oxygen atoms in total. The zero-order valence-electron chi connectivity index (χ0n) is 28.1. The highest BCUT2D eigenvalue weighted by atomic mass is 32.1. The van der Waals surface area contributed by atoms with Crippen LogP contribution in [0.3, 0.4) is 0 Å². The van der Waals surface area contributed by atoms with E-state index in [-0.39, 0.29) is 28.8 Å². The number of para-hydroxylation sites is 1. The van der Waals surface area contributed by atoms with E-state index in [4.69, 9.17) is 4.74 Å². The molecule has 4 aromatic rings. The van der Waals surface area contributed by atoms with E-state index in [9.17, 15) is 19.6 Å². The number of amides is 4. The van der Waals surface area contributed by atoms with E-state index in [1.807, 2.05) is 96.1 Å². The molecule has 248 valence electrons. The summed E-state index contributed by atoms with van der Waals surface area (Å²) in [4.78, 5) is 49.2. The number of thiophene rings is 1. The van der Waals surface area contributed by atoms with E-state index < -0.39 is 6.03 Å². The molecule has 2 aliphatic heterocycles. The van der Waals surface area contributed by atoms with Crippen molar-refractivity contribution in [2.45, 2.75) is 60.4 Å². The Morgan fingerprint density at radius 3 is 2.54 bits per heavy atom. The second-order valence-electron chi connectivity index (χ2n) is 12.5. The van der Waals surface area contributed by atoms with Crippen molar-refractivity contribution in [3.8, 4) is 17.6 Å². The molecule has 11 heteroatoms. The van der Waals surface area contributed by atoms with Gasteiger partial charge in [0.1, 0.15) is 32.8 Å². The number of allylic oxidation sites excluding steroid dienone is 1. The summed E-state index contributed by atoms with van der Waals surface area (Å²) in [5.41, 5.74) is 2.34. The molecule has 0 bridgehead atoms. The molecule has 0 spiro atoms. The fourth-order valence-corrected chi connectivity index (χ4v) is 6.85. The van der Waals surface area contributed by atoms with Crippen molar-refractivity contribution in [2.75, 3.05) is 23.3 Å². The van der Waals surface area contributed by atoms with Gasteiger partial charge in [-0.1, -0.05) is 58.9 Å². The summed E-state index contributed by atoms with van der Waals surface area (Å²) in [5.74, 6) is 0.689. The number of hydrogen-bond donors (Lipinski definition) is 2. The molecule has 6 rings (SSSR count). The number of piperidine rings is 1. The summed E-state index contributed by atoms with van der Waals surface area (Å²) in [6.45, 7) is 12.5. The molecule has 2 N–H and O–H groups in total. The summed E-state index contributed by atoms with van der Waals surface area (Å²) in [6, 6.07) is 18.1. The van der Waals surface area contributed by atoms with Gasteiger partial charge in [0.15, 0.2) is 0 Å². The molecule has 0 aliphatic carbocycles. The van der Waals surface area contributed by atoms with Gasteiger partial charge in [-0.05, 0) is 67.1 Å². The van der Waals surface area contributed by atoms with Gasteiger partial charge in [0, 0.05) is 25.3 Å². The molecule has 1 saturated heterocycles. The minimum Gasteiger partial charge on any atom is -0.457 e. The number of ether oxygens (including phenoxy) is 1. The minimum atomic E-state index is -0.392. The van der Waals surface area contributed by atoms with Crippen LogP contribution in [0.4, 0.5) is 21.9 Å². The van der Waals surface area contributed by atoms with Crippen LogP contribution >= 0.6 is 11.3 Å². The van der Waals surface area contributed by atoms with Crippen LogP contribution in [0.25, 0.3) is 10.2 Å². The van der Waals surface area contributed by atoms with Gasteiger partial charge in [-0.2, -0.15) is 5.26 Å².